The summed E-state index contributed by atoms with van der Waals surface area (Å²) in [6.45, 7) is -0.191. The van der Waals surface area contributed by atoms with Crippen LogP contribution in [0.2, 0.25) is 0 Å². The van der Waals surface area contributed by atoms with E-state index in [1.165, 1.54) is 0 Å². The van der Waals surface area contributed by atoms with Gasteiger partial charge in [0, 0.05) is 5.39 Å². The molecule has 2 aromatic carbocycles. The zero-order chi connectivity index (χ0) is 20.2. The second-order valence-electron chi connectivity index (χ2n) is 5.98. The Balaban J connectivity index is 1.48. The predicted octanol–water partition coefficient (Wildman–Crippen LogP) is 3.31. The fraction of sp³-hybridized carbons (Fsp3) is 0.100. The van der Waals surface area contributed by atoms with Crippen molar-refractivity contribution in [2.75, 3.05) is 18.2 Å². The maximum atomic E-state index is 12.3. The van der Waals surface area contributed by atoms with Gasteiger partial charge in [-0.2, -0.15) is 15.0 Å². The van der Waals surface area contributed by atoms with Crippen LogP contribution in [0.4, 0.5) is 17.6 Å². The second-order valence-corrected chi connectivity index (χ2v) is 5.98. The molecule has 4 rings (SSSR count). The highest BCUT2D eigenvalue weighted by atomic mass is 16.5. The van der Waals surface area contributed by atoms with Crippen LogP contribution in [0, 0.1) is 0 Å². The molecular weight excluding hydrogens is 374 g/mol. The first-order valence-corrected chi connectivity index (χ1v) is 8.68. The summed E-state index contributed by atoms with van der Waals surface area (Å²) in [5.74, 6) is 0.479. The van der Waals surface area contributed by atoms with Gasteiger partial charge < -0.3 is 24.9 Å². The van der Waals surface area contributed by atoms with Gasteiger partial charge >= 0.3 is 5.97 Å². The summed E-state index contributed by atoms with van der Waals surface area (Å²) in [4.78, 5) is 24.6. The molecule has 29 heavy (non-hydrogen) atoms. The summed E-state index contributed by atoms with van der Waals surface area (Å²) < 4.78 is 16.0. The molecule has 0 radical (unpaired) electrons. The molecule has 4 aromatic rings. The normalized spacial score (nSPS) is 10.7. The predicted molar refractivity (Wildman–Crippen MR) is 106 cm³/mol. The zero-order valence-corrected chi connectivity index (χ0v) is 15.5. The van der Waals surface area contributed by atoms with E-state index < -0.39 is 5.97 Å². The Morgan fingerprint density at radius 2 is 1.90 bits per heavy atom. The molecule has 0 spiro atoms. The molecule has 0 aliphatic rings. The van der Waals surface area contributed by atoms with E-state index in [1.54, 1.807) is 31.4 Å². The number of nitrogens with zero attached hydrogens (tertiary/aromatic N) is 3. The highest BCUT2D eigenvalue weighted by Gasteiger charge is 2.15. The molecule has 3 N–H and O–H groups in total. The molecule has 0 aliphatic carbocycles. The number of aromatic nitrogens is 3. The number of carbonyl (C=O) groups is 1. The van der Waals surface area contributed by atoms with Crippen LogP contribution in [0.1, 0.15) is 16.4 Å². The molecule has 146 valence electrons. The minimum Gasteiger partial charge on any atom is -0.495 e. The van der Waals surface area contributed by atoms with Crippen molar-refractivity contribution in [3.05, 3.63) is 66.2 Å². The number of anilines is 3. The first kappa shape index (κ1) is 18.2. The van der Waals surface area contributed by atoms with Crippen molar-refractivity contribution in [1.29, 1.82) is 0 Å². The Morgan fingerprint density at radius 1 is 1.10 bits per heavy atom. The van der Waals surface area contributed by atoms with E-state index in [9.17, 15) is 4.79 Å². The highest BCUT2D eigenvalue weighted by Crippen LogP contribution is 2.25. The van der Waals surface area contributed by atoms with Gasteiger partial charge in [0.15, 0.2) is 12.4 Å². The van der Waals surface area contributed by atoms with Gasteiger partial charge in [0.2, 0.25) is 17.7 Å². The van der Waals surface area contributed by atoms with E-state index in [0.717, 1.165) is 5.39 Å². The number of hydrogen-bond donors (Lipinski definition) is 2. The smallest absolute Gasteiger partial charge is 0.374 e. The van der Waals surface area contributed by atoms with E-state index in [1.807, 2.05) is 30.3 Å². The molecule has 0 saturated heterocycles. The molecule has 9 heteroatoms. The fourth-order valence-electron chi connectivity index (χ4n) is 2.71. The molecule has 0 amide bonds. The average molecular weight is 391 g/mol. The number of rotatable bonds is 6. The molecule has 0 unspecified atom stereocenters. The topological polar surface area (TPSA) is 125 Å². The number of nitrogens with one attached hydrogen (secondary N) is 1. The van der Waals surface area contributed by atoms with E-state index in [-0.39, 0.29) is 30.1 Å². The molecule has 2 aromatic heterocycles. The van der Waals surface area contributed by atoms with Crippen LogP contribution in [-0.4, -0.2) is 28.0 Å². The van der Waals surface area contributed by atoms with Gasteiger partial charge in [0.1, 0.15) is 11.3 Å². The van der Waals surface area contributed by atoms with Crippen LogP contribution < -0.4 is 15.8 Å². The second kappa shape index (κ2) is 7.85. The molecule has 2 heterocycles. The number of ether oxygens (including phenoxy) is 2. The number of furan rings is 1. The van der Waals surface area contributed by atoms with Crippen LogP contribution in [0.25, 0.3) is 11.0 Å². The number of hydrogen-bond acceptors (Lipinski definition) is 9. The third-order valence-corrected chi connectivity index (χ3v) is 4.01. The number of nitrogen functional groups attached to an aromatic ring is 1. The highest BCUT2D eigenvalue weighted by molar-refractivity contribution is 5.92. The van der Waals surface area contributed by atoms with E-state index in [4.69, 9.17) is 19.6 Å². The van der Waals surface area contributed by atoms with Crippen molar-refractivity contribution < 1.29 is 18.7 Å². The first-order valence-electron chi connectivity index (χ1n) is 8.68. The van der Waals surface area contributed by atoms with Crippen molar-refractivity contribution >= 4 is 34.5 Å². The molecule has 0 atom stereocenters. The van der Waals surface area contributed by atoms with Gasteiger partial charge in [-0.25, -0.2) is 4.79 Å². The Bertz CT molecular complexity index is 1140. The van der Waals surface area contributed by atoms with Gasteiger partial charge in [-0.05, 0) is 24.3 Å². The number of benzene rings is 2. The lowest BCUT2D eigenvalue weighted by molar-refractivity contribution is 0.0428. The quantitative estimate of drug-likeness (QED) is 0.476. The van der Waals surface area contributed by atoms with Gasteiger partial charge in [-0.15, -0.1) is 0 Å². The van der Waals surface area contributed by atoms with Crippen LogP contribution in [-0.2, 0) is 11.3 Å². The minimum absolute atomic E-state index is 0.00724. The van der Waals surface area contributed by atoms with Crippen molar-refractivity contribution in [2.24, 2.45) is 0 Å². The SMILES string of the molecule is COc1ccccc1Nc1nc(N)nc(COC(=O)c2cc3ccccc3o2)n1. The first-order chi connectivity index (χ1) is 14.1. The summed E-state index contributed by atoms with van der Waals surface area (Å²) in [6.07, 6.45) is 0. The lowest BCUT2D eigenvalue weighted by Crippen LogP contribution is -2.11. The van der Waals surface area contributed by atoms with E-state index >= 15 is 0 Å². The van der Waals surface area contributed by atoms with Crippen LogP contribution in [0.5, 0.6) is 5.75 Å². The fourth-order valence-corrected chi connectivity index (χ4v) is 2.71. The van der Waals surface area contributed by atoms with Crippen molar-refractivity contribution in [3.63, 3.8) is 0 Å². The van der Waals surface area contributed by atoms with Gasteiger partial charge in [0.25, 0.3) is 0 Å². The minimum atomic E-state index is -0.626. The number of methoxy groups -OCH3 is 1. The Labute approximate surface area is 165 Å². The molecule has 9 nitrogen and oxygen atoms in total. The Morgan fingerprint density at radius 3 is 2.72 bits per heavy atom. The number of esters is 1. The van der Waals surface area contributed by atoms with Crippen molar-refractivity contribution in [3.8, 4) is 5.75 Å². The summed E-state index contributed by atoms with van der Waals surface area (Å²) in [6, 6.07) is 16.2. The van der Waals surface area contributed by atoms with Crippen molar-refractivity contribution in [1.82, 2.24) is 15.0 Å². The standard InChI is InChI=1S/C20H17N5O4/c1-27-15-9-5-3-7-13(15)22-20-24-17(23-19(21)25-20)11-28-18(26)16-10-12-6-2-4-8-14(12)29-16/h2-10H,11H2,1H3,(H3,21,22,23,24,25). The van der Waals surface area contributed by atoms with Gasteiger partial charge in [0.05, 0.1) is 12.8 Å². The Hall–Kier alpha value is -4.14. The van der Waals surface area contributed by atoms with Gasteiger partial charge in [-0.1, -0.05) is 30.3 Å². The molecule has 0 fully saturated rings. The maximum Gasteiger partial charge on any atom is 0.374 e. The van der Waals surface area contributed by atoms with Crippen molar-refractivity contribution in [2.45, 2.75) is 6.61 Å². The summed E-state index contributed by atoms with van der Waals surface area (Å²) in [7, 11) is 1.56. The monoisotopic (exact) mass is 391 g/mol. The lowest BCUT2D eigenvalue weighted by atomic mass is 10.2. The van der Waals surface area contributed by atoms with Crippen LogP contribution in [0.3, 0.4) is 0 Å². The third kappa shape index (κ3) is 4.08. The lowest BCUT2D eigenvalue weighted by Gasteiger charge is -2.10. The summed E-state index contributed by atoms with van der Waals surface area (Å²) >= 11 is 0. The zero-order valence-electron chi connectivity index (χ0n) is 15.5. The van der Waals surface area contributed by atoms with E-state index in [0.29, 0.717) is 17.0 Å². The Kier molecular flexibility index (Phi) is 4.93. The van der Waals surface area contributed by atoms with Crippen LogP contribution in [0.15, 0.2) is 59.0 Å². The van der Waals surface area contributed by atoms with E-state index in [2.05, 4.69) is 20.3 Å². The molecule has 0 bridgehead atoms. The number of para-hydroxylation sites is 3. The molecular formula is C20H17N5O4. The maximum absolute atomic E-state index is 12.3. The summed E-state index contributed by atoms with van der Waals surface area (Å²) in [5.41, 5.74) is 7.02. The number of nitrogens with two attached hydrogens (primary N) is 1. The van der Waals surface area contributed by atoms with Gasteiger partial charge in [-0.3, -0.25) is 0 Å². The van der Waals surface area contributed by atoms with Crippen LogP contribution >= 0.6 is 0 Å². The largest absolute Gasteiger partial charge is 0.495 e. The third-order valence-electron chi connectivity index (χ3n) is 4.01. The molecule has 0 aliphatic heterocycles. The average Bonchev–Trinajstić information content (AvgIpc) is 3.16. The number of carbonyl (C=O) groups excluding carboxylic acids is 1. The summed E-state index contributed by atoms with van der Waals surface area (Å²) in [5, 5.41) is 3.83. The molecule has 0 saturated carbocycles. The number of fused-ring (bicyclic) bond motifs is 1.